The van der Waals surface area contributed by atoms with Gasteiger partial charge in [-0.2, -0.15) is 13.2 Å². The van der Waals surface area contributed by atoms with Gasteiger partial charge in [0.05, 0.1) is 6.54 Å². The summed E-state index contributed by atoms with van der Waals surface area (Å²) >= 11 is 0. The molecule has 0 atom stereocenters. The first-order valence-corrected chi connectivity index (χ1v) is 6.88. The van der Waals surface area contributed by atoms with E-state index in [4.69, 9.17) is 0 Å². The number of nitrogens with one attached hydrogen (secondary N) is 1. The number of rotatable bonds is 7. The summed E-state index contributed by atoms with van der Waals surface area (Å²) in [6, 6.07) is 1.17. The van der Waals surface area contributed by atoms with Crippen LogP contribution >= 0.6 is 0 Å². The highest BCUT2D eigenvalue weighted by atomic mass is 19.4. The molecular weight excluding hydrogens is 317 g/mol. The van der Waals surface area contributed by atoms with Crippen LogP contribution in [0.3, 0.4) is 0 Å². The quantitative estimate of drug-likeness (QED) is 0.684. The molecule has 1 heterocycles. The number of carbonyl (C=O) groups is 1. The van der Waals surface area contributed by atoms with Crippen molar-refractivity contribution in [3.8, 4) is 0 Å². The Morgan fingerprint density at radius 2 is 2.00 bits per heavy atom. The third-order valence-electron chi connectivity index (χ3n) is 3.06. The second kappa shape index (κ2) is 7.95. The van der Waals surface area contributed by atoms with Gasteiger partial charge in [0.25, 0.3) is 5.56 Å². The van der Waals surface area contributed by atoms with Crippen molar-refractivity contribution in [2.45, 2.75) is 19.1 Å². The first kappa shape index (κ1) is 18.9. The largest absolute Gasteiger partial charge is 0.401 e. The van der Waals surface area contributed by atoms with Crippen LogP contribution in [0.5, 0.6) is 0 Å². The number of alkyl halides is 3. The smallest absolute Gasteiger partial charge is 0.354 e. The van der Waals surface area contributed by atoms with Crippen LogP contribution in [0.4, 0.5) is 13.2 Å². The summed E-state index contributed by atoms with van der Waals surface area (Å²) in [5, 5.41) is 2.52. The molecule has 0 fully saturated rings. The minimum Gasteiger partial charge on any atom is -0.354 e. The maximum Gasteiger partial charge on any atom is 0.401 e. The zero-order valence-electron chi connectivity index (χ0n) is 12.9. The van der Waals surface area contributed by atoms with Gasteiger partial charge in [-0.05, 0) is 20.0 Å². The number of halogens is 3. The molecule has 0 saturated heterocycles. The minimum atomic E-state index is -4.25. The molecule has 0 aromatic carbocycles. The SMILES string of the molecule is CN(CCCNC(=O)Cn1ccc(=O)n(C)c1=O)CC(F)(F)F. The molecule has 0 unspecified atom stereocenters. The number of aromatic nitrogens is 2. The molecule has 0 spiro atoms. The predicted octanol–water partition coefficient (Wildman–Crippen LogP) is -0.453. The van der Waals surface area contributed by atoms with Crippen molar-refractivity contribution in [1.29, 1.82) is 0 Å². The van der Waals surface area contributed by atoms with Crippen molar-refractivity contribution in [2.75, 3.05) is 26.7 Å². The first-order valence-electron chi connectivity index (χ1n) is 6.88. The van der Waals surface area contributed by atoms with Crippen LogP contribution in [-0.4, -0.2) is 52.8 Å². The molecule has 0 saturated carbocycles. The highest BCUT2D eigenvalue weighted by Gasteiger charge is 2.28. The third-order valence-corrected chi connectivity index (χ3v) is 3.06. The Kier molecular flexibility index (Phi) is 6.55. The van der Waals surface area contributed by atoms with Gasteiger partial charge in [-0.3, -0.25) is 23.6 Å². The minimum absolute atomic E-state index is 0.180. The highest BCUT2D eigenvalue weighted by Crippen LogP contribution is 2.15. The maximum absolute atomic E-state index is 12.1. The molecule has 1 N–H and O–H groups in total. The second-order valence-electron chi connectivity index (χ2n) is 5.18. The Morgan fingerprint density at radius 3 is 2.61 bits per heavy atom. The van der Waals surface area contributed by atoms with E-state index in [1.165, 1.54) is 26.4 Å². The summed E-state index contributed by atoms with van der Waals surface area (Å²) in [5.74, 6) is -0.454. The first-order chi connectivity index (χ1) is 10.6. The van der Waals surface area contributed by atoms with E-state index in [2.05, 4.69) is 5.32 Å². The van der Waals surface area contributed by atoms with Crippen molar-refractivity contribution in [2.24, 2.45) is 7.05 Å². The lowest BCUT2D eigenvalue weighted by Crippen LogP contribution is -2.40. The molecule has 0 aliphatic rings. The highest BCUT2D eigenvalue weighted by molar-refractivity contribution is 5.75. The summed E-state index contributed by atoms with van der Waals surface area (Å²) in [5.41, 5.74) is -1.09. The van der Waals surface area contributed by atoms with Crippen molar-refractivity contribution >= 4 is 5.91 Å². The van der Waals surface area contributed by atoms with Crippen molar-refractivity contribution in [3.05, 3.63) is 33.1 Å². The molecular formula is C13H19F3N4O3. The Balaban J connectivity index is 2.37. The number of nitrogens with zero attached hydrogens (tertiary/aromatic N) is 3. The fraction of sp³-hybridized carbons (Fsp3) is 0.615. The van der Waals surface area contributed by atoms with Gasteiger partial charge in [0, 0.05) is 25.9 Å². The second-order valence-corrected chi connectivity index (χ2v) is 5.18. The predicted molar refractivity (Wildman–Crippen MR) is 77.1 cm³/mol. The van der Waals surface area contributed by atoms with Gasteiger partial charge >= 0.3 is 11.9 Å². The van der Waals surface area contributed by atoms with Crippen LogP contribution in [0.1, 0.15) is 6.42 Å². The monoisotopic (exact) mass is 336 g/mol. The van der Waals surface area contributed by atoms with Gasteiger partial charge in [-0.15, -0.1) is 0 Å². The van der Waals surface area contributed by atoms with Crippen molar-refractivity contribution < 1.29 is 18.0 Å². The summed E-state index contributed by atoms with van der Waals surface area (Å²) in [6.07, 6.45) is -2.68. The Morgan fingerprint density at radius 1 is 1.35 bits per heavy atom. The number of hydrogen-bond acceptors (Lipinski definition) is 4. The van der Waals surface area contributed by atoms with Crippen molar-refractivity contribution in [3.63, 3.8) is 0 Å². The molecule has 23 heavy (non-hydrogen) atoms. The van der Waals surface area contributed by atoms with E-state index in [0.717, 1.165) is 14.0 Å². The average Bonchev–Trinajstić information content (AvgIpc) is 2.42. The van der Waals surface area contributed by atoms with Crippen LogP contribution in [0.15, 0.2) is 21.9 Å². The third kappa shape index (κ3) is 6.68. The molecule has 0 aliphatic heterocycles. The zero-order chi connectivity index (χ0) is 17.6. The van der Waals surface area contributed by atoms with E-state index in [1.54, 1.807) is 0 Å². The van der Waals surface area contributed by atoms with Gasteiger partial charge in [-0.1, -0.05) is 0 Å². The number of hydrogen-bond donors (Lipinski definition) is 1. The van der Waals surface area contributed by atoms with E-state index in [1.807, 2.05) is 0 Å². The van der Waals surface area contributed by atoms with Crippen LogP contribution in [0.2, 0.25) is 0 Å². The van der Waals surface area contributed by atoms with Crippen LogP contribution in [0.25, 0.3) is 0 Å². The summed E-state index contributed by atoms with van der Waals surface area (Å²) in [4.78, 5) is 35.7. The molecule has 1 amide bonds. The normalized spacial score (nSPS) is 11.7. The zero-order valence-corrected chi connectivity index (χ0v) is 12.9. The lowest BCUT2D eigenvalue weighted by atomic mass is 10.3. The Hall–Kier alpha value is -2.10. The van der Waals surface area contributed by atoms with E-state index in [0.29, 0.717) is 6.42 Å². The summed E-state index contributed by atoms with van der Waals surface area (Å²) < 4.78 is 38.3. The van der Waals surface area contributed by atoms with Gasteiger partial charge in [0.1, 0.15) is 6.54 Å². The summed E-state index contributed by atoms with van der Waals surface area (Å²) in [7, 11) is 2.65. The van der Waals surface area contributed by atoms with Crippen LogP contribution < -0.4 is 16.6 Å². The fourth-order valence-corrected chi connectivity index (χ4v) is 1.91. The van der Waals surface area contributed by atoms with Gasteiger partial charge < -0.3 is 5.32 Å². The lowest BCUT2D eigenvalue weighted by Gasteiger charge is -2.18. The van der Waals surface area contributed by atoms with Crippen LogP contribution in [0, 0.1) is 0 Å². The lowest BCUT2D eigenvalue weighted by molar-refractivity contribution is -0.143. The number of carbonyl (C=O) groups excluding carboxylic acids is 1. The number of amides is 1. The average molecular weight is 336 g/mol. The molecule has 0 aliphatic carbocycles. The standard InChI is InChI=1S/C13H19F3N4O3/c1-18(9-13(14,15)16)6-3-5-17-10(21)8-20-7-4-11(22)19(2)12(20)23/h4,7H,3,5-6,8-9H2,1-2H3,(H,17,21). The maximum atomic E-state index is 12.1. The fourth-order valence-electron chi connectivity index (χ4n) is 1.91. The van der Waals surface area contributed by atoms with E-state index < -0.39 is 29.9 Å². The van der Waals surface area contributed by atoms with E-state index >= 15 is 0 Å². The molecule has 130 valence electrons. The van der Waals surface area contributed by atoms with Gasteiger partial charge in [0.2, 0.25) is 5.91 Å². The van der Waals surface area contributed by atoms with E-state index in [-0.39, 0.29) is 19.6 Å². The molecule has 1 rings (SSSR count). The molecule has 1 aromatic rings. The van der Waals surface area contributed by atoms with Gasteiger partial charge in [0.15, 0.2) is 0 Å². The molecule has 1 aromatic heterocycles. The molecule has 7 nitrogen and oxygen atoms in total. The Bertz CT molecular complexity index is 651. The molecule has 0 bridgehead atoms. The molecule has 0 radical (unpaired) electrons. The van der Waals surface area contributed by atoms with Crippen molar-refractivity contribution in [1.82, 2.24) is 19.4 Å². The summed E-state index contributed by atoms with van der Waals surface area (Å²) in [6.45, 7) is -0.888. The van der Waals surface area contributed by atoms with Crippen LogP contribution in [-0.2, 0) is 18.4 Å². The molecule has 10 heteroatoms. The topological polar surface area (TPSA) is 76.3 Å². The van der Waals surface area contributed by atoms with E-state index in [9.17, 15) is 27.6 Å². The van der Waals surface area contributed by atoms with Gasteiger partial charge in [-0.25, -0.2) is 4.79 Å². The Labute approximate surface area is 130 Å².